The van der Waals surface area contributed by atoms with Crippen LogP contribution >= 0.6 is 34.3 Å². The summed E-state index contributed by atoms with van der Waals surface area (Å²) in [6, 6.07) is 29.6. The monoisotopic (exact) mass is 427 g/mol. The van der Waals surface area contributed by atoms with Crippen LogP contribution in [-0.4, -0.2) is 4.98 Å². The average Bonchev–Trinajstić information content (AvgIpc) is 3.36. The molecule has 0 saturated carbocycles. The summed E-state index contributed by atoms with van der Waals surface area (Å²) < 4.78 is 3.52. The lowest BCUT2D eigenvalue weighted by Crippen LogP contribution is -1.79. The molecule has 0 aliphatic carbocycles. The number of thiazole rings is 1. The van der Waals surface area contributed by atoms with Crippen molar-refractivity contribution in [3.8, 4) is 21.7 Å². The summed E-state index contributed by atoms with van der Waals surface area (Å²) >= 11 is 10.3. The highest BCUT2D eigenvalue weighted by atomic mass is 35.5. The second-order valence-corrected chi connectivity index (χ2v) is 9.43. The maximum Gasteiger partial charge on any atom is 0.124 e. The maximum absolute atomic E-state index is 6.88. The van der Waals surface area contributed by atoms with Crippen molar-refractivity contribution < 1.29 is 0 Å². The molecule has 0 N–H and O–H groups in total. The predicted molar refractivity (Wildman–Crippen MR) is 128 cm³/mol. The van der Waals surface area contributed by atoms with E-state index in [2.05, 4.69) is 78.9 Å². The fourth-order valence-electron chi connectivity index (χ4n) is 3.78. The molecule has 0 atom stereocenters. The number of nitrogens with zero attached hydrogens (tertiary/aromatic N) is 1. The number of hydrogen-bond donors (Lipinski definition) is 0. The maximum atomic E-state index is 6.88. The molecule has 138 valence electrons. The van der Waals surface area contributed by atoms with Crippen molar-refractivity contribution in [2.45, 2.75) is 0 Å². The summed E-state index contributed by atoms with van der Waals surface area (Å²) in [7, 11) is 0. The van der Waals surface area contributed by atoms with Crippen molar-refractivity contribution in [1.29, 1.82) is 0 Å². The number of hydrogen-bond acceptors (Lipinski definition) is 3. The zero-order valence-corrected chi connectivity index (χ0v) is 17.6. The molecule has 0 spiro atoms. The highest BCUT2D eigenvalue weighted by molar-refractivity contribution is 7.26. The van der Waals surface area contributed by atoms with Crippen molar-refractivity contribution in [2.75, 3.05) is 0 Å². The van der Waals surface area contributed by atoms with Gasteiger partial charge in [0.1, 0.15) is 5.01 Å². The molecule has 0 amide bonds. The minimum Gasteiger partial charge on any atom is -0.236 e. The third-order valence-electron chi connectivity index (χ3n) is 5.20. The summed E-state index contributed by atoms with van der Waals surface area (Å²) in [5, 5.41) is 4.19. The van der Waals surface area contributed by atoms with Gasteiger partial charge in [0, 0.05) is 25.7 Å². The number of fused-ring (bicyclic) bond motifs is 4. The third-order valence-corrected chi connectivity index (χ3v) is 7.95. The van der Waals surface area contributed by atoms with E-state index >= 15 is 0 Å². The summed E-state index contributed by atoms with van der Waals surface area (Å²) in [5.74, 6) is 0. The third kappa shape index (κ3) is 2.77. The topological polar surface area (TPSA) is 12.9 Å². The van der Waals surface area contributed by atoms with Gasteiger partial charge in [0.05, 0.1) is 15.2 Å². The molecule has 1 nitrogen and oxygen atoms in total. The molecule has 0 unspecified atom stereocenters. The molecule has 4 heteroatoms. The van der Waals surface area contributed by atoms with Crippen LogP contribution in [0.25, 0.3) is 52.1 Å². The van der Waals surface area contributed by atoms with E-state index in [4.69, 9.17) is 16.6 Å². The Bertz CT molecular complexity index is 1500. The quantitative estimate of drug-likeness (QED) is 0.269. The number of benzene rings is 4. The van der Waals surface area contributed by atoms with Crippen molar-refractivity contribution in [1.82, 2.24) is 4.98 Å². The van der Waals surface area contributed by atoms with Gasteiger partial charge in [-0.15, -0.1) is 22.7 Å². The van der Waals surface area contributed by atoms with Gasteiger partial charge in [-0.2, -0.15) is 0 Å². The molecule has 2 heterocycles. The van der Waals surface area contributed by atoms with E-state index in [1.165, 1.54) is 25.9 Å². The second kappa shape index (κ2) is 6.67. The van der Waals surface area contributed by atoms with E-state index in [1.807, 2.05) is 6.07 Å². The molecule has 6 aromatic rings. The SMILES string of the molecule is Clc1c2sc(-c3ccc(-c4ccccc4)cc3)nc2cc2sc3ccccc3c12. The average molecular weight is 428 g/mol. The zero-order chi connectivity index (χ0) is 19.4. The first-order chi connectivity index (χ1) is 14.3. The van der Waals surface area contributed by atoms with Crippen molar-refractivity contribution >= 4 is 64.7 Å². The summed E-state index contributed by atoms with van der Waals surface area (Å²) in [5.41, 5.74) is 4.52. The highest BCUT2D eigenvalue weighted by Gasteiger charge is 2.16. The van der Waals surface area contributed by atoms with E-state index in [1.54, 1.807) is 22.7 Å². The fraction of sp³-hybridized carbons (Fsp3) is 0. The first kappa shape index (κ1) is 17.2. The Labute approximate surface area is 180 Å². The van der Waals surface area contributed by atoms with Gasteiger partial charge < -0.3 is 0 Å². The van der Waals surface area contributed by atoms with Gasteiger partial charge in [-0.3, -0.25) is 0 Å². The standard InChI is InChI=1S/C25H14ClNS2/c26-23-22-18-8-4-5-9-20(18)28-21(22)14-19-24(23)29-25(27-19)17-12-10-16(11-13-17)15-6-2-1-3-7-15/h1-14H. The van der Waals surface area contributed by atoms with Crippen molar-refractivity contribution in [3.63, 3.8) is 0 Å². The van der Waals surface area contributed by atoms with Gasteiger partial charge in [0.25, 0.3) is 0 Å². The molecule has 6 rings (SSSR count). The van der Waals surface area contributed by atoms with Crippen LogP contribution < -0.4 is 0 Å². The molecule has 2 aromatic heterocycles. The first-order valence-electron chi connectivity index (χ1n) is 9.34. The van der Waals surface area contributed by atoms with Crippen LogP contribution in [0.1, 0.15) is 0 Å². The Hall–Kier alpha value is -2.72. The Morgan fingerprint density at radius 3 is 2.17 bits per heavy atom. The lowest BCUT2D eigenvalue weighted by atomic mass is 10.0. The lowest BCUT2D eigenvalue weighted by Gasteiger charge is -2.02. The van der Waals surface area contributed by atoms with Crippen LogP contribution in [0, 0.1) is 0 Å². The normalized spacial score (nSPS) is 11.6. The van der Waals surface area contributed by atoms with Crippen molar-refractivity contribution in [2.24, 2.45) is 0 Å². The Balaban J connectivity index is 1.49. The molecule has 0 radical (unpaired) electrons. The zero-order valence-electron chi connectivity index (χ0n) is 15.2. The van der Waals surface area contributed by atoms with Gasteiger partial charge in [0.2, 0.25) is 0 Å². The second-order valence-electron chi connectivity index (χ2n) is 6.97. The molecule has 0 fully saturated rings. The number of rotatable bonds is 2. The number of thiophene rings is 1. The van der Waals surface area contributed by atoms with E-state index < -0.39 is 0 Å². The molecular formula is C25H14ClNS2. The van der Waals surface area contributed by atoms with Gasteiger partial charge >= 0.3 is 0 Å². The highest BCUT2D eigenvalue weighted by Crippen LogP contribution is 2.44. The van der Waals surface area contributed by atoms with Gasteiger partial charge in [-0.1, -0.05) is 84.4 Å². The van der Waals surface area contributed by atoms with Gasteiger partial charge in [-0.05, 0) is 23.3 Å². The molecular weight excluding hydrogens is 414 g/mol. The number of halogens is 1. The molecule has 0 aliphatic rings. The van der Waals surface area contributed by atoms with Crippen LogP contribution in [0.4, 0.5) is 0 Å². The smallest absolute Gasteiger partial charge is 0.124 e. The first-order valence-corrected chi connectivity index (χ1v) is 11.4. The number of aromatic nitrogens is 1. The molecule has 29 heavy (non-hydrogen) atoms. The van der Waals surface area contributed by atoms with Crippen molar-refractivity contribution in [3.05, 3.63) is 90.0 Å². The van der Waals surface area contributed by atoms with Gasteiger partial charge in [0.15, 0.2) is 0 Å². The Morgan fingerprint density at radius 1 is 0.655 bits per heavy atom. The van der Waals surface area contributed by atoms with Crippen LogP contribution in [0.3, 0.4) is 0 Å². The minimum absolute atomic E-state index is 0.819. The molecule has 4 aromatic carbocycles. The Kier molecular flexibility index (Phi) is 3.95. The van der Waals surface area contributed by atoms with E-state index in [0.717, 1.165) is 31.2 Å². The molecule has 0 aliphatic heterocycles. The van der Waals surface area contributed by atoms with Crippen LogP contribution in [0.15, 0.2) is 84.9 Å². The molecule has 0 saturated heterocycles. The summed E-state index contributed by atoms with van der Waals surface area (Å²) in [6.45, 7) is 0. The summed E-state index contributed by atoms with van der Waals surface area (Å²) in [4.78, 5) is 4.91. The van der Waals surface area contributed by atoms with Gasteiger partial charge in [-0.25, -0.2) is 4.98 Å². The molecule has 0 bridgehead atoms. The lowest BCUT2D eigenvalue weighted by molar-refractivity contribution is 1.48. The van der Waals surface area contributed by atoms with E-state index in [9.17, 15) is 0 Å². The van der Waals surface area contributed by atoms with E-state index in [0.29, 0.717) is 0 Å². The van der Waals surface area contributed by atoms with Crippen LogP contribution in [0.2, 0.25) is 5.02 Å². The summed E-state index contributed by atoms with van der Waals surface area (Å²) in [6.07, 6.45) is 0. The van der Waals surface area contributed by atoms with Crippen LogP contribution in [-0.2, 0) is 0 Å². The largest absolute Gasteiger partial charge is 0.236 e. The Morgan fingerprint density at radius 2 is 1.34 bits per heavy atom. The van der Waals surface area contributed by atoms with E-state index in [-0.39, 0.29) is 0 Å². The predicted octanol–water partition coefficient (Wildman–Crippen LogP) is 8.65. The van der Waals surface area contributed by atoms with Crippen LogP contribution in [0.5, 0.6) is 0 Å². The fourth-order valence-corrected chi connectivity index (χ4v) is 6.39. The minimum atomic E-state index is 0.819.